The molecule has 0 saturated carbocycles. The van der Waals surface area contributed by atoms with Gasteiger partial charge in [-0.3, -0.25) is 4.79 Å². The summed E-state index contributed by atoms with van der Waals surface area (Å²) in [4.78, 5) is 12.0. The molecule has 2 fully saturated rings. The fourth-order valence-electron chi connectivity index (χ4n) is 5.05. The van der Waals surface area contributed by atoms with Crippen LogP contribution < -0.4 is 5.32 Å². The second-order valence-corrected chi connectivity index (χ2v) is 9.51. The standard InChI is InChI=1S/C23H43NO4/c1-10-18-14(6)13(5)15(7)23(27-18)28-22-16(8)19(11-2)26-21(12(3)4)20(22)24-17(9)25/h12-16,18-23H,10-11H2,1-9H3,(H,24,25)/t13-,14+,15?,16+,18?,19?,20?,21-,22-,23-/m0/s1. The molecular formula is C23H43NO4. The van der Waals surface area contributed by atoms with E-state index in [-0.39, 0.29) is 54.5 Å². The Morgan fingerprint density at radius 1 is 0.929 bits per heavy atom. The Morgan fingerprint density at radius 3 is 2.00 bits per heavy atom. The highest BCUT2D eigenvalue weighted by molar-refractivity contribution is 5.73. The van der Waals surface area contributed by atoms with E-state index in [9.17, 15) is 4.79 Å². The van der Waals surface area contributed by atoms with Gasteiger partial charge in [-0.15, -0.1) is 0 Å². The topological polar surface area (TPSA) is 56.8 Å². The second kappa shape index (κ2) is 9.90. The minimum absolute atomic E-state index is 0.0407. The normalized spacial score (nSPS) is 44.5. The molecule has 2 rings (SSSR count). The van der Waals surface area contributed by atoms with Crippen LogP contribution in [0, 0.1) is 29.6 Å². The first kappa shape index (κ1) is 23.6. The van der Waals surface area contributed by atoms with Gasteiger partial charge in [0.05, 0.1) is 30.5 Å². The van der Waals surface area contributed by atoms with Crippen molar-refractivity contribution < 1.29 is 19.0 Å². The van der Waals surface area contributed by atoms with Gasteiger partial charge < -0.3 is 19.5 Å². The number of carbonyl (C=O) groups excluding carboxylic acids is 1. The molecule has 2 aliphatic rings. The molecule has 164 valence electrons. The lowest BCUT2D eigenvalue weighted by Crippen LogP contribution is -2.63. The molecule has 2 saturated heterocycles. The van der Waals surface area contributed by atoms with Gasteiger partial charge in [0.1, 0.15) is 0 Å². The van der Waals surface area contributed by atoms with Crippen LogP contribution in [0.25, 0.3) is 0 Å². The van der Waals surface area contributed by atoms with Crippen LogP contribution in [0.15, 0.2) is 0 Å². The van der Waals surface area contributed by atoms with E-state index in [1.54, 1.807) is 6.92 Å². The zero-order valence-corrected chi connectivity index (χ0v) is 19.4. The summed E-state index contributed by atoms with van der Waals surface area (Å²) >= 11 is 0. The van der Waals surface area contributed by atoms with Gasteiger partial charge in [0.15, 0.2) is 6.29 Å². The molecule has 0 aromatic carbocycles. The molecule has 1 amide bonds. The van der Waals surface area contributed by atoms with Crippen LogP contribution >= 0.6 is 0 Å². The number of rotatable bonds is 6. The minimum atomic E-state index is -0.247. The molecule has 2 aliphatic heterocycles. The fourth-order valence-corrected chi connectivity index (χ4v) is 5.05. The van der Waals surface area contributed by atoms with Crippen molar-refractivity contribution in [3.63, 3.8) is 0 Å². The zero-order valence-electron chi connectivity index (χ0n) is 19.4. The van der Waals surface area contributed by atoms with Crippen LogP contribution in [0.4, 0.5) is 0 Å². The van der Waals surface area contributed by atoms with Gasteiger partial charge >= 0.3 is 0 Å². The summed E-state index contributed by atoms with van der Waals surface area (Å²) in [7, 11) is 0. The third-order valence-electron chi connectivity index (χ3n) is 7.25. The highest BCUT2D eigenvalue weighted by atomic mass is 16.7. The third-order valence-corrected chi connectivity index (χ3v) is 7.25. The van der Waals surface area contributed by atoms with Gasteiger partial charge in [-0.2, -0.15) is 0 Å². The maximum Gasteiger partial charge on any atom is 0.217 e. The average molecular weight is 398 g/mol. The molecule has 1 N–H and O–H groups in total. The zero-order chi connectivity index (χ0) is 21.2. The minimum Gasteiger partial charge on any atom is -0.372 e. The maximum atomic E-state index is 12.0. The van der Waals surface area contributed by atoms with Crippen molar-refractivity contribution >= 4 is 5.91 Å². The summed E-state index contributed by atoms with van der Waals surface area (Å²) in [5.74, 6) is 1.79. The molecule has 4 unspecified atom stereocenters. The number of nitrogens with one attached hydrogen (secondary N) is 1. The number of hydrogen-bond donors (Lipinski definition) is 1. The SMILES string of the molecule is CCC1O[C@@H](C(C)C)C(NC(C)=O)[C@@H](O[C@@H]2OC(CC)[C@H](C)[C@H](C)C2C)[C@@H]1C. The summed E-state index contributed by atoms with van der Waals surface area (Å²) in [6.07, 6.45) is 1.83. The lowest BCUT2D eigenvalue weighted by atomic mass is 9.77. The van der Waals surface area contributed by atoms with E-state index < -0.39 is 0 Å². The van der Waals surface area contributed by atoms with Gasteiger partial charge in [-0.1, -0.05) is 55.4 Å². The molecule has 0 aromatic heterocycles. The molecular weight excluding hydrogens is 354 g/mol. The average Bonchev–Trinajstić information content (AvgIpc) is 2.64. The highest BCUT2D eigenvalue weighted by Crippen LogP contribution is 2.40. The van der Waals surface area contributed by atoms with Crippen LogP contribution in [0.2, 0.25) is 0 Å². The number of hydrogen-bond acceptors (Lipinski definition) is 4. The molecule has 5 nitrogen and oxygen atoms in total. The van der Waals surface area contributed by atoms with Gasteiger partial charge in [0.25, 0.3) is 0 Å². The van der Waals surface area contributed by atoms with Crippen LogP contribution in [-0.2, 0) is 19.0 Å². The summed E-state index contributed by atoms with van der Waals surface area (Å²) in [5, 5.41) is 3.14. The van der Waals surface area contributed by atoms with E-state index >= 15 is 0 Å². The molecule has 0 aliphatic carbocycles. The Morgan fingerprint density at radius 2 is 1.50 bits per heavy atom. The van der Waals surface area contributed by atoms with Gasteiger partial charge in [-0.25, -0.2) is 0 Å². The van der Waals surface area contributed by atoms with Crippen LogP contribution in [0.1, 0.15) is 75.2 Å². The molecule has 0 radical (unpaired) electrons. The van der Waals surface area contributed by atoms with E-state index in [1.165, 1.54) is 0 Å². The van der Waals surface area contributed by atoms with Crippen molar-refractivity contribution in [3.05, 3.63) is 0 Å². The van der Waals surface area contributed by atoms with Gasteiger partial charge in [0, 0.05) is 18.8 Å². The quantitative estimate of drug-likeness (QED) is 0.722. The molecule has 5 heteroatoms. The number of carbonyl (C=O) groups is 1. The Hall–Kier alpha value is -0.650. The molecule has 0 spiro atoms. The predicted octanol–water partition coefficient (Wildman–Crippen LogP) is 4.39. The lowest BCUT2D eigenvalue weighted by molar-refractivity contribution is -0.293. The first-order valence-corrected chi connectivity index (χ1v) is 11.4. The van der Waals surface area contributed by atoms with E-state index in [0.717, 1.165) is 12.8 Å². The van der Waals surface area contributed by atoms with Crippen molar-refractivity contribution in [3.8, 4) is 0 Å². The Balaban J connectivity index is 2.29. The molecule has 0 bridgehead atoms. The first-order valence-electron chi connectivity index (χ1n) is 11.4. The number of ether oxygens (including phenoxy) is 3. The highest BCUT2D eigenvalue weighted by Gasteiger charge is 2.48. The van der Waals surface area contributed by atoms with Crippen molar-refractivity contribution in [2.45, 2.75) is 112 Å². The number of amides is 1. The lowest BCUT2D eigenvalue weighted by Gasteiger charge is -2.50. The predicted molar refractivity (Wildman–Crippen MR) is 112 cm³/mol. The Labute approximate surface area is 172 Å². The summed E-state index contributed by atoms with van der Waals surface area (Å²) in [6.45, 7) is 19.2. The molecule has 28 heavy (non-hydrogen) atoms. The monoisotopic (exact) mass is 397 g/mol. The fraction of sp³-hybridized carbons (Fsp3) is 0.957. The van der Waals surface area contributed by atoms with E-state index in [1.807, 2.05) is 0 Å². The summed E-state index contributed by atoms with van der Waals surface area (Å²) in [5.41, 5.74) is 0. The first-order chi connectivity index (χ1) is 13.1. The smallest absolute Gasteiger partial charge is 0.217 e. The van der Waals surface area contributed by atoms with Gasteiger partial charge in [0.2, 0.25) is 5.91 Å². The molecule has 2 heterocycles. The van der Waals surface area contributed by atoms with Crippen LogP contribution in [-0.4, -0.2) is 42.7 Å². The van der Waals surface area contributed by atoms with Crippen molar-refractivity contribution in [2.75, 3.05) is 0 Å². The van der Waals surface area contributed by atoms with Crippen molar-refractivity contribution in [1.29, 1.82) is 0 Å². The van der Waals surface area contributed by atoms with Crippen LogP contribution in [0.5, 0.6) is 0 Å². The van der Waals surface area contributed by atoms with Gasteiger partial charge in [-0.05, 0) is 30.6 Å². The molecule has 10 atom stereocenters. The van der Waals surface area contributed by atoms with E-state index in [0.29, 0.717) is 17.8 Å². The summed E-state index contributed by atoms with van der Waals surface area (Å²) < 4.78 is 19.6. The second-order valence-electron chi connectivity index (χ2n) is 9.51. The largest absolute Gasteiger partial charge is 0.372 e. The van der Waals surface area contributed by atoms with E-state index in [2.05, 4.69) is 60.7 Å². The Kier molecular flexibility index (Phi) is 8.36. The maximum absolute atomic E-state index is 12.0. The van der Waals surface area contributed by atoms with E-state index in [4.69, 9.17) is 14.2 Å². The molecule has 0 aromatic rings. The van der Waals surface area contributed by atoms with Crippen LogP contribution in [0.3, 0.4) is 0 Å². The van der Waals surface area contributed by atoms with Crippen molar-refractivity contribution in [1.82, 2.24) is 5.32 Å². The third kappa shape index (κ3) is 4.91. The Bertz CT molecular complexity index is 509. The van der Waals surface area contributed by atoms with Crippen molar-refractivity contribution in [2.24, 2.45) is 29.6 Å². The summed E-state index contributed by atoms with van der Waals surface area (Å²) in [6, 6.07) is -0.166.